The molecule has 0 unspecified atom stereocenters. The second-order valence-electron chi connectivity index (χ2n) is 6.50. The lowest BCUT2D eigenvalue weighted by Crippen LogP contribution is -2.26. The van der Waals surface area contributed by atoms with Gasteiger partial charge in [-0.25, -0.2) is 4.98 Å². The number of rotatable bonds is 4. The highest BCUT2D eigenvalue weighted by Gasteiger charge is 2.24. The van der Waals surface area contributed by atoms with E-state index < -0.39 is 0 Å². The molecule has 0 fully saturated rings. The first-order valence-corrected chi connectivity index (χ1v) is 9.96. The second kappa shape index (κ2) is 7.62. The molecule has 1 heterocycles. The van der Waals surface area contributed by atoms with Crippen molar-refractivity contribution in [3.05, 3.63) is 83.4 Å². The molecule has 0 radical (unpaired) electrons. The number of fused-ring (bicyclic) bond motifs is 1. The largest absolute Gasteiger partial charge is 0.378 e. The molecule has 0 aliphatic rings. The zero-order valence-corrected chi connectivity index (χ0v) is 17.0. The molecule has 1 amide bonds. The van der Waals surface area contributed by atoms with Crippen LogP contribution in [0, 0.1) is 0 Å². The summed E-state index contributed by atoms with van der Waals surface area (Å²) < 4.78 is 1.03. The van der Waals surface area contributed by atoms with Crippen molar-refractivity contribution in [3.8, 4) is 0 Å². The Labute approximate surface area is 172 Å². The van der Waals surface area contributed by atoms with E-state index in [1.165, 1.54) is 11.3 Å². The Hall–Kier alpha value is -2.89. The maximum Gasteiger partial charge on any atom is 0.266 e. The number of halogens is 1. The molecule has 4 aromatic rings. The Morgan fingerprint density at radius 1 is 0.893 bits per heavy atom. The number of aromatic nitrogens is 1. The Morgan fingerprint density at radius 3 is 2.21 bits per heavy atom. The summed E-state index contributed by atoms with van der Waals surface area (Å²) in [7, 11) is 3.96. The van der Waals surface area contributed by atoms with Crippen LogP contribution in [0.5, 0.6) is 0 Å². The molecule has 0 atom stereocenters. The lowest BCUT2D eigenvalue weighted by Gasteiger charge is -2.22. The number of carbonyl (C=O) groups is 1. The second-order valence-corrected chi connectivity index (χ2v) is 7.91. The zero-order chi connectivity index (χ0) is 19.7. The molecular weight excluding hydrogens is 390 g/mol. The number of amides is 1. The summed E-state index contributed by atoms with van der Waals surface area (Å²) in [6.45, 7) is 0. The van der Waals surface area contributed by atoms with E-state index in [1.54, 1.807) is 17.0 Å². The van der Waals surface area contributed by atoms with Gasteiger partial charge in [0.05, 0.1) is 26.5 Å². The molecular formula is C22H18ClN3OS. The molecule has 140 valence electrons. The van der Waals surface area contributed by atoms with Gasteiger partial charge in [-0.15, -0.1) is 0 Å². The maximum absolute atomic E-state index is 13.5. The standard InChI is InChI=1S/C22H18ClN3OS/c1-25(2)15-11-13-16(14-12-15)26(21(27)17-7-3-4-8-18(17)23)22-24-19-9-5-6-10-20(19)28-22/h3-14H,1-2H3. The van der Waals surface area contributed by atoms with Gasteiger partial charge in [0.1, 0.15) is 0 Å². The molecule has 3 aromatic carbocycles. The fourth-order valence-electron chi connectivity index (χ4n) is 2.93. The quantitative estimate of drug-likeness (QED) is 0.416. The van der Waals surface area contributed by atoms with Crippen LogP contribution in [0.2, 0.25) is 5.02 Å². The van der Waals surface area contributed by atoms with Crippen LogP contribution in [0.4, 0.5) is 16.5 Å². The van der Waals surface area contributed by atoms with Gasteiger partial charge < -0.3 is 4.90 Å². The number of hydrogen-bond donors (Lipinski definition) is 0. The van der Waals surface area contributed by atoms with E-state index in [2.05, 4.69) is 0 Å². The van der Waals surface area contributed by atoms with Crippen LogP contribution in [0.1, 0.15) is 10.4 Å². The molecule has 4 rings (SSSR count). The van der Waals surface area contributed by atoms with Crippen molar-refractivity contribution >= 4 is 55.6 Å². The van der Waals surface area contributed by atoms with Crippen LogP contribution in [0.3, 0.4) is 0 Å². The molecule has 6 heteroatoms. The van der Waals surface area contributed by atoms with Gasteiger partial charge in [-0.2, -0.15) is 0 Å². The third kappa shape index (κ3) is 3.46. The average Bonchev–Trinajstić information content (AvgIpc) is 3.12. The van der Waals surface area contributed by atoms with Crippen molar-refractivity contribution < 1.29 is 4.79 Å². The number of para-hydroxylation sites is 1. The van der Waals surface area contributed by atoms with Crippen molar-refractivity contribution in [2.75, 3.05) is 23.9 Å². The number of hydrogen-bond acceptors (Lipinski definition) is 4. The third-order valence-corrected chi connectivity index (χ3v) is 5.76. The van der Waals surface area contributed by atoms with Gasteiger partial charge in [0.25, 0.3) is 5.91 Å². The van der Waals surface area contributed by atoms with Crippen molar-refractivity contribution in [2.24, 2.45) is 0 Å². The minimum atomic E-state index is -0.206. The van der Waals surface area contributed by atoms with Crippen molar-refractivity contribution in [1.29, 1.82) is 0 Å². The fourth-order valence-corrected chi connectivity index (χ4v) is 4.13. The summed E-state index contributed by atoms with van der Waals surface area (Å²) in [6, 6.07) is 22.8. The van der Waals surface area contributed by atoms with E-state index in [0.29, 0.717) is 15.7 Å². The molecule has 28 heavy (non-hydrogen) atoms. The summed E-state index contributed by atoms with van der Waals surface area (Å²) in [5.41, 5.74) is 3.11. The highest BCUT2D eigenvalue weighted by molar-refractivity contribution is 7.22. The van der Waals surface area contributed by atoms with Gasteiger partial charge in [0.2, 0.25) is 0 Å². The van der Waals surface area contributed by atoms with Crippen molar-refractivity contribution in [3.63, 3.8) is 0 Å². The molecule has 0 spiro atoms. The minimum Gasteiger partial charge on any atom is -0.378 e. The average molecular weight is 408 g/mol. The highest BCUT2D eigenvalue weighted by atomic mass is 35.5. The van der Waals surface area contributed by atoms with E-state index >= 15 is 0 Å². The summed E-state index contributed by atoms with van der Waals surface area (Å²) in [4.78, 5) is 21.8. The van der Waals surface area contributed by atoms with E-state index in [1.807, 2.05) is 79.7 Å². The normalized spacial score (nSPS) is 10.8. The van der Waals surface area contributed by atoms with Gasteiger partial charge in [0.15, 0.2) is 5.13 Å². The third-order valence-electron chi connectivity index (χ3n) is 4.41. The topological polar surface area (TPSA) is 36.4 Å². The Kier molecular flexibility index (Phi) is 5.03. The molecule has 0 bridgehead atoms. The Morgan fingerprint density at radius 2 is 1.54 bits per heavy atom. The number of carbonyl (C=O) groups excluding carboxylic acids is 1. The highest BCUT2D eigenvalue weighted by Crippen LogP contribution is 2.36. The van der Waals surface area contributed by atoms with Crippen LogP contribution < -0.4 is 9.80 Å². The molecule has 4 nitrogen and oxygen atoms in total. The van der Waals surface area contributed by atoms with Gasteiger partial charge in [-0.05, 0) is 48.5 Å². The van der Waals surface area contributed by atoms with Crippen molar-refractivity contribution in [1.82, 2.24) is 4.98 Å². The lowest BCUT2D eigenvalue weighted by atomic mass is 10.2. The fraction of sp³-hybridized carbons (Fsp3) is 0.0909. The summed E-state index contributed by atoms with van der Waals surface area (Å²) in [5.74, 6) is -0.206. The molecule has 0 aliphatic heterocycles. The number of nitrogens with zero attached hydrogens (tertiary/aromatic N) is 3. The van der Waals surface area contributed by atoms with Gasteiger partial charge in [0, 0.05) is 19.8 Å². The number of anilines is 3. The first-order valence-electron chi connectivity index (χ1n) is 8.76. The molecule has 1 aromatic heterocycles. The predicted molar refractivity (Wildman–Crippen MR) is 118 cm³/mol. The Bertz CT molecular complexity index is 1100. The lowest BCUT2D eigenvalue weighted by molar-refractivity contribution is 0.0999. The summed E-state index contributed by atoms with van der Waals surface area (Å²) >= 11 is 7.79. The number of thiazole rings is 1. The van der Waals surface area contributed by atoms with Crippen LogP contribution >= 0.6 is 22.9 Å². The molecule has 0 saturated carbocycles. The minimum absolute atomic E-state index is 0.206. The van der Waals surface area contributed by atoms with Gasteiger partial charge in [-0.3, -0.25) is 9.69 Å². The van der Waals surface area contributed by atoms with E-state index in [0.717, 1.165) is 21.6 Å². The van der Waals surface area contributed by atoms with Gasteiger partial charge >= 0.3 is 0 Å². The predicted octanol–water partition coefficient (Wildman–Crippen LogP) is 5.99. The summed E-state index contributed by atoms with van der Waals surface area (Å²) in [6.07, 6.45) is 0. The zero-order valence-electron chi connectivity index (χ0n) is 15.5. The van der Waals surface area contributed by atoms with E-state index in [-0.39, 0.29) is 5.91 Å². The molecule has 0 aliphatic carbocycles. The summed E-state index contributed by atoms with van der Waals surface area (Å²) in [5, 5.41) is 1.03. The van der Waals surface area contributed by atoms with E-state index in [9.17, 15) is 4.79 Å². The Balaban J connectivity index is 1.85. The van der Waals surface area contributed by atoms with Crippen LogP contribution in [0.25, 0.3) is 10.2 Å². The van der Waals surface area contributed by atoms with Crippen LogP contribution in [0.15, 0.2) is 72.8 Å². The van der Waals surface area contributed by atoms with Crippen molar-refractivity contribution in [2.45, 2.75) is 0 Å². The number of benzene rings is 3. The SMILES string of the molecule is CN(C)c1ccc(N(C(=O)c2ccccc2Cl)c2nc3ccccc3s2)cc1. The first kappa shape index (κ1) is 18.5. The van der Waals surface area contributed by atoms with Gasteiger partial charge in [-0.1, -0.05) is 47.2 Å². The van der Waals surface area contributed by atoms with E-state index in [4.69, 9.17) is 16.6 Å². The first-order chi connectivity index (χ1) is 13.5. The molecule has 0 N–H and O–H groups in total. The van der Waals surface area contributed by atoms with Crippen LogP contribution in [-0.4, -0.2) is 25.0 Å². The smallest absolute Gasteiger partial charge is 0.266 e. The van der Waals surface area contributed by atoms with Crippen LogP contribution in [-0.2, 0) is 0 Å². The monoisotopic (exact) mass is 407 g/mol. The maximum atomic E-state index is 13.5. The molecule has 0 saturated heterocycles.